The highest BCUT2D eigenvalue weighted by molar-refractivity contribution is 5.47. The molecule has 1 rings (SSSR count). The van der Waals surface area contributed by atoms with Gasteiger partial charge in [-0.25, -0.2) is 0 Å². The maximum absolute atomic E-state index is 12.2. The van der Waals surface area contributed by atoms with Crippen molar-refractivity contribution in [2.45, 2.75) is 6.18 Å². The number of hydrogen-bond acceptors (Lipinski definition) is 2. The maximum Gasteiger partial charge on any atom is 0.416 e. The Morgan fingerprint density at radius 2 is 2.07 bits per heavy atom. The molecule has 0 aromatic heterocycles. The molecule has 0 aliphatic rings. The predicted octanol–water partition coefficient (Wildman–Crippen LogP) is 2.96. The second-order valence-corrected chi connectivity index (χ2v) is 2.62. The number of rotatable bonds is 2. The van der Waals surface area contributed by atoms with Crippen molar-refractivity contribution in [1.82, 2.24) is 0 Å². The van der Waals surface area contributed by atoms with Crippen LogP contribution in [-0.4, -0.2) is 0 Å². The molecule has 1 N–H and O–H groups in total. The molecule has 0 heterocycles. The van der Waals surface area contributed by atoms with Gasteiger partial charge in [-0.3, -0.25) is 0 Å². The summed E-state index contributed by atoms with van der Waals surface area (Å²) in [6.45, 7) is 0. The maximum atomic E-state index is 12.2. The molecule has 0 saturated heterocycles. The minimum Gasteiger partial charge on any atom is -0.353 e. The molecule has 77 valence electrons. The summed E-state index contributed by atoms with van der Waals surface area (Å²) < 4.78 is 36.7. The van der Waals surface area contributed by atoms with Gasteiger partial charge in [0.15, 0.2) is 0 Å². The highest BCUT2D eigenvalue weighted by atomic mass is 19.4. The summed E-state index contributed by atoms with van der Waals surface area (Å²) in [7, 11) is 0. The van der Waals surface area contributed by atoms with E-state index in [0.717, 1.165) is 18.2 Å². The third kappa shape index (κ3) is 3.35. The lowest BCUT2D eigenvalue weighted by atomic mass is 10.2. The Labute approximate surface area is 84.6 Å². The highest BCUT2D eigenvalue weighted by Gasteiger charge is 2.30. The van der Waals surface area contributed by atoms with E-state index in [2.05, 4.69) is 11.5 Å². The molecule has 0 saturated carbocycles. The van der Waals surface area contributed by atoms with Gasteiger partial charge in [-0.15, -0.1) is 0 Å². The van der Waals surface area contributed by atoms with Gasteiger partial charge in [0.1, 0.15) is 0 Å². The van der Waals surface area contributed by atoms with E-state index in [1.807, 2.05) is 0 Å². The first-order valence-corrected chi connectivity index (χ1v) is 3.94. The van der Waals surface area contributed by atoms with E-state index in [0.29, 0.717) is 0 Å². The van der Waals surface area contributed by atoms with Crippen molar-refractivity contribution in [3.8, 4) is 6.07 Å². The molecule has 0 unspecified atom stereocenters. The third-order valence-corrected chi connectivity index (χ3v) is 1.54. The van der Waals surface area contributed by atoms with Crippen LogP contribution in [0.5, 0.6) is 0 Å². The summed E-state index contributed by atoms with van der Waals surface area (Å²) in [6.07, 6.45) is -1.02. The van der Waals surface area contributed by atoms with Gasteiger partial charge in [0, 0.05) is 11.8 Å². The summed E-state index contributed by atoms with van der Waals surface area (Å²) in [4.78, 5) is 0. The molecule has 1 radical (unpaired) electrons. The molecule has 1 aromatic carbocycles. The van der Waals surface area contributed by atoms with E-state index in [-0.39, 0.29) is 5.69 Å². The van der Waals surface area contributed by atoms with Gasteiger partial charge < -0.3 is 5.32 Å². The van der Waals surface area contributed by atoms with Crippen molar-refractivity contribution in [1.29, 1.82) is 5.26 Å². The summed E-state index contributed by atoms with van der Waals surface area (Å²) in [6, 6.07) is 6.30. The van der Waals surface area contributed by atoms with E-state index < -0.39 is 11.7 Å². The van der Waals surface area contributed by atoms with Crippen molar-refractivity contribution in [2.24, 2.45) is 0 Å². The zero-order valence-electron chi connectivity index (χ0n) is 7.47. The van der Waals surface area contributed by atoms with E-state index in [1.165, 1.54) is 12.1 Å². The Kier molecular flexibility index (Phi) is 3.34. The molecule has 15 heavy (non-hydrogen) atoms. The van der Waals surface area contributed by atoms with Crippen LogP contribution in [0.2, 0.25) is 0 Å². The van der Waals surface area contributed by atoms with Gasteiger partial charge in [-0.1, -0.05) is 6.07 Å². The number of halogens is 3. The van der Waals surface area contributed by atoms with Crippen LogP contribution in [0.4, 0.5) is 18.9 Å². The molecule has 2 nitrogen and oxygen atoms in total. The summed E-state index contributed by atoms with van der Waals surface area (Å²) in [5, 5.41) is 10.6. The van der Waals surface area contributed by atoms with Crippen LogP contribution in [0.25, 0.3) is 0 Å². The van der Waals surface area contributed by atoms with Crippen LogP contribution in [0.1, 0.15) is 5.56 Å². The van der Waals surface area contributed by atoms with Crippen LogP contribution < -0.4 is 5.32 Å². The van der Waals surface area contributed by atoms with Gasteiger partial charge in [0.05, 0.1) is 17.8 Å². The van der Waals surface area contributed by atoms with Crippen molar-refractivity contribution >= 4 is 5.69 Å². The average molecular weight is 211 g/mol. The third-order valence-electron chi connectivity index (χ3n) is 1.54. The Morgan fingerprint density at radius 3 is 2.67 bits per heavy atom. The fourth-order valence-electron chi connectivity index (χ4n) is 0.925. The van der Waals surface area contributed by atoms with Gasteiger partial charge >= 0.3 is 6.18 Å². The number of allylic oxidation sites excluding steroid dienone is 1. The fourth-order valence-corrected chi connectivity index (χ4v) is 0.925. The van der Waals surface area contributed by atoms with Gasteiger partial charge in [-0.05, 0) is 18.2 Å². The van der Waals surface area contributed by atoms with Crippen molar-refractivity contribution in [3.05, 3.63) is 42.1 Å². The molecular formula is C10H6F3N2. The number of nitrogens with zero attached hydrogens (tertiary/aromatic N) is 1. The highest BCUT2D eigenvalue weighted by Crippen LogP contribution is 2.30. The number of hydrogen-bond donors (Lipinski definition) is 1. The SMILES string of the molecule is N#C/C=[C]/Nc1cccc(C(F)(F)F)c1. The van der Waals surface area contributed by atoms with Crippen LogP contribution in [0.3, 0.4) is 0 Å². The lowest BCUT2D eigenvalue weighted by Crippen LogP contribution is -2.04. The second kappa shape index (κ2) is 4.51. The number of anilines is 1. The number of nitriles is 1. The van der Waals surface area contributed by atoms with Crippen LogP contribution in [0.15, 0.2) is 30.3 Å². The quantitative estimate of drug-likeness (QED) is 0.603. The Hall–Kier alpha value is -1.96. The van der Waals surface area contributed by atoms with E-state index >= 15 is 0 Å². The average Bonchev–Trinajstić information content (AvgIpc) is 2.17. The normalized spacial score (nSPS) is 11.3. The van der Waals surface area contributed by atoms with Gasteiger partial charge in [0.2, 0.25) is 0 Å². The lowest BCUT2D eigenvalue weighted by Gasteiger charge is -2.07. The minimum absolute atomic E-state index is 0.233. The molecule has 0 fully saturated rings. The Bertz CT molecular complexity index is 402. The van der Waals surface area contributed by atoms with Crippen molar-refractivity contribution in [3.63, 3.8) is 0 Å². The molecule has 0 spiro atoms. The molecule has 0 atom stereocenters. The molecule has 0 aliphatic carbocycles. The zero-order valence-corrected chi connectivity index (χ0v) is 7.47. The van der Waals surface area contributed by atoms with E-state index in [1.54, 1.807) is 6.07 Å². The predicted molar refractivity (Wildman–Crippen MR) is 48.5 cm³/mol. The standard InChI is InChI=1S/C10H6F3N2/c11-10(12,13)8-3-1-4-9(7-8)15-6-2-5-14/h1-4,7,15H. The van der Waals surface area contributed by atoms with Crippen LogP contribution in [0, 0.1) is 17.5 Å². The fraction of sp³-hybridized carbons (Fsp3) is 0.100. The monoisotopic (exact) mass is 211 g/mol. The summed E-state index contributed by atoms with van der Waals surface area (Å²) in [5.74, 6) is 0. The first kappa shape index (κ1) is 11.1. The van der Waals surface area contributed by atoms with Crippen LogP contribution in [-0.2, 0) is 6.18 Å². The van der Waals surface area contributed by atoms with Gasteiger partial charge in [0.25, 0.3) is 0 Å². The Balaban J connectivity index is 2.85. The summed E-state index contributed by atoms with van der Waals surface area (Å²) in [5.41, 5.74) is -0.511. The Morgan fingerprint density at radius 1 is 1.33 bits per heavy atom. The van der Waals surface area contributed by atoms with Crippen molar-refractivity contribution in [2.75, 3.05) is 5.32 Å². The smallest absolute Gasteiger partial charge is 0.353 e. The number of benzene rings is 1. The molecule has 1 aromatic rings. The van der Waals surface area contributed by atoms with E-state index in [9.17, 15) is 13.2 Å². The summed E-state index contributed by atoms with van der Waals surface area (Å²) >= 11 is 0. The van der Waals surface area contributed by atoms with Crippen molar-refractivity contribution < 1.29 is 13.2 Å². The second-order valence-electron chi connectivity index (χ2n) is 2.62. The number of nitrogens with one attached hydrogen (secondary N) is 1. The first-order chi connectivity index (χ1) is 7.04. The van der Waals surface area contributed by atoms with E-state index in [4.69, 9.17) is 5.26 Å². The first-order valence-electron chi connectivity index (χ1n) is 3.94. The topological polar surface area (TPSA) is 35.8 Å². The van der Waals surface area contributed by atoms with Crippen LogP contribution >= 0.6 is 0 Å². The zero-order chi connectivity index (χ0) is 11.3. The molecular weight excluding hydrogens is 205 g/mol. The largest absolute Gasteiger partial charge is 0.416 e. The minimum atomic E-state index is -4.36. The molecule has 0 amide bonds. The molecule has 5 heteroatoms. The number of alkyl halides is 3. The molecule has 0 aliphatic heterocycles. The molecule has 0 bridgehead atoms. The van der Waals surface area contributed by atoms with Gasteiger partial charge in [-0.2, -0.15) is 18.4 Å². The lowest BCUT2D eigenvalue weighted by molar-refractivity contribution is -0.137.